The zero-order chi connectivity index (χ0) is 14.5. The van der Waals surface area contributed by atoms with E-state index in [1.54, 1.807) is 0 Å². The number of rotatable bonds is 4. The van der Waals surface area contributed by atoms with Gasteiger partial charge in [0.25, 0.3) is 0 Å². The summed E-state index contributed by atoms with van der Waals surface area (Å²) < 4.78 is 38.2. The number of hydrogen-bond acceptors (Lipinski definition) is 1. The molecule has 0 aromatic carbocycles. The lowest BCUT2D eigenvalue weighted by molar-refractivity contribution is -0.187. The molecule has 0 spiro atoms. The molecule has 2 unspecified atom stereocenters. The van der Waals surface area contributed by atoms with Gasteiger partial charge in [0.1, 0.15) is 0 Å². The van der Waals surface area contributed by atoms with E-state index in [1.165, 1.54) is 4.90 Å². The fourth-order valence-electron chi connectivity index (χ4n) is 2.62. The van der Waals surface area contributed by atoms with Crippen molar-refractivity contribution in [3.05, 3.63) is 0 Å². The third-order valence-corrected chi connectivity index (χ3v) is 3.57. The van der Waals surface area contributed by atoms with Gasteiger partial charge in [0, 0.05) is 12.5 Å². The van der Waals surface area contributed by atoms with Crippen molar-refractivity contribution in [2.24, 2.45) is 11.8 Å². The fourth-order valence-corrected chi connectivity index (χ4v) is 2.62. The predicted octanol–water partition coefficient (Wildman–Crippen LogP) is 3.23. The van der Waals surface area contributed by atoms with Gasteiger partial charge < -0.3 is 4.90 Å². The number of hydrogen-bond donors (Lipinski definition) is 0. The number of carbonyl (C=O) groups excluding carboxylic acids is 1. The molecule has 0 N–H and O–H groups in total. The summed E-state index contributed by atoms with van der Waals surface area (Å²) in [5.74, 6) is 0.312. The van der Waals surface area contributed by atoms with Crippen molar-refractivity contribution < 1.29 is 18.0 Å². The van der Waals surface area contributed by atoms with Gasteiger partial charge in [-0.3, -0.25) is 4.79 Å². The Bertz CT molecular complexity index is 346. The molecule has 5 heteroatoms. The third-order valence-electron chi connectivity index (χ3n) is 3.57. The van der Waals surface area contributed by atoms with Crippen molar-refractivity contribution in [1.29, 1.82) is 0 Å². The summed E-state index contributed by atoms with van der Waals surface area (Å²) in [6, 6.07) is 0. The third kappa shape index (κ3) is 4.45. The van der Waals surface area contributed by atoms with Crippen molar-refractivity contribution in [2.45, 2.75) is 45.2 Å². The molecule has 1 aliphatic rings. The summed E-state index contributed by atoms with van der Waals surface area (Å²) >= 11 is 0. The minimum Gasteiger partial charge on any atom is -0.331 e. The molecule has 0 aromatic rings. The van der Waals surface area contributed by atoms with E-state index in [0.717, 1.165) is 6.42 Å². The van der Waals surface area contributed by atoms with Crippen LogP contribution in [0.5, 0.6) is 0 Å². The van der Waals surface area contributed by atoms with Crippen LogP contribution in [0.3, 0.4) is 0 Å². The number of alkyl halides is 3. The van der Waals surface area contributed by atoms with Crippen molar-refractivity contribution >= 4 is 5.91 Å². The Labute approximate surface area is 112 Å². The van der Waals surface area contributed by atoms with Gasteiger partial charge >= 0.3 is 6.18 Å². The molecule has 19 heavy (non-hydrogen) atoms. The molecular formula is C14H20F3NO. The summed E-state index contributed by atoms with van der Waals surface area (Å²) in [6.07, 6.45) is 2.80. The minimum atomic E-state index is -4.19. The molecule has 0 saturated heterocycles. The SMILES string of the molecule is C#CCN(CCC)C(=O)C1CCCC(C(F)(F)F)C1. The van der Waals surface area contributed by atoms with Crippen LogP contribution in [0.25, 0.3) is 0 Å². The maximum Gasteiger partial charge on any atom is 0.391 e. The molecule has 0 aromatic heterocycles. The summed E-state index contributed by atoms with van der Waals surface area (Å²) in [7, 11) is 0. The maximum absolute atomic E-state index is 12.7. The van der Waals surface area contributed by atoms with Crippen LogP contribution in [0.1, 0.15) is 39.0 Å². The van der Waals surface area contributed by atoms with Crippen LogP contribution >= 0.6 is 0 Å². The van der Waals surface area contributed by atoms with E-state index in [0.29, 0.717) is 19.4 Å². The second kappa shape index (κ2) is 6.83. The molecule has 0 bridgehead atoms. The van der Waals surface area contributed by atoms with Crippen LogP contribution in [-0.4, -0.2) is 30.1 Å². The number of amides is 1. The molecule has 2 nitrogen and oxygen atoms in total. The number of carbonyl (C=O) groups is 1. The Morgan fingerprint density at radius 3 is 2.63 bits per heavy atom. The maximum atomic E-state index is 12.7. The first-order valence-corrected chi connectivity index (χ1v) is 6.69. The molecule has 2 atom stereocenters. The predicted molar refractivity (Wildman–Crippen MR) is 67.2 cm³/mol. The zero-order valence-corrected chi connectivity index (χ0v) is 11.2. The lowest BCUT2D eigenvalue weighted by Crippen LogP contribution is -2.40. The molecule has 1 rings (SSSR count). The van der Waals surface area contributed by atoms with E-state index in [1.807, 2.05) is 6.92 Å². The number of nitrogens with zero attached hydrogens (tertiary/aromatic N) is 1. The van der Waals surface area contributed by atoms with E-state index >= 15 is 0 Å². The van der Waals surface area contributed by atoms with E-state index in [9.17, 15) is 18.0 Å². The zero-order valence-electron chi connectivity index (χ0n) is 11.2. The first-order valence-electron chi connectivity index (χ1n) is 6.69. The Hall–Kier alpha value is -1.18. The van der Waals surface area contributed by atoms with Crippen LogP contribution in [0.15, 0.2) is 0 Å². The van der Waals surface area contributed by atoms with Gasteiger partial charge in [0.15, 0.2) is 0 Å². The molecule has 0 heterocycles. The average Bonchev–Trinajstić information content (AvgIpc) is 2.37. The van der Waals surface area contributed by atoms with Gasteiger partial charge in [-0.1, -0.05) is 19.3 Å². The molecule has 108 valence electrons. The molecule has 1 saturated carbocycles. The standard InChI is InChI=1S/C14H20F3NO/c1-3-8-18(9-4-2)13(19)11-6-5-7-12(10-11)14(15,16)17/h1,11-12H,4-10H2,2H3. The van der Waals surface area contributed by atoms with Crippen LogP contribution in [0.4, 0.5) is 13.2 Å². The van der Waals surface area contributed by atoms with E-state index in [2.05, 4.69) is 5.92 Å². The summed E-state index contributed by atoms with van der Waals surface area (Å²) in [5, 5.41) is 0. The van der Waals surface area contributed by atoms with E-state index in [-0.39, 0.29) is 25.3 Å². The van der Waals surface area contributed by atoms with Gasteiger partial charge in [0.2, 0.25) is 5.91 Å². The minimum absolute atomic E-state index is 0.0902. The van der Waals surface area contributed by atoms with Gasteiger partial charge in [-0.2, -0.15) is 13.2 Å². The van der Waals surface area contributed by atoms with Crippen molar-refractivity contribution in [1.82, 2.24) is 4.90 Å². The summed E-state index contributed by atoms with van der Waals surface area (Å²) in [4.78, 5) is 13.7. The smallest absolute Gasteiger partial charge is 0.331 e. The number of halogens is 3. The average molecular weight is 275 g/mol. The molecule has 1 amide bonds. The van der Waals surface area contributed by atoms with Gasteiger partial charge in [0.05, 0.1) is 12.5 Å². The fraction of sp³-hybridized carbons (Fsp3) is 0.786. The molecule has 1 fully saturated rings. The lowest BCUT2D eigenvalue weighted by Gasteiger charge is -2.32. The summed E-state index contributed by atoms with van der Waals surface area (Å²) in [5.41, 5.74) is 0. The second-order valence-electron chi connectivity index (χ2n) is 5.07. The van der Waals surface area contributed by atoms with Crippen LogP contribution < -0.4 is 0 Å². The Morgan fingerprint density at radius 2 is 2.11 bits per heavy atom. The largest absolute Gasteiger partial charge is 0.391 e. The highest BCUT2D eigenvalue weighted by atomic mass is 19.4. The monoisotopic (exact) mass is 275 g/mol. The molecule has 0 radical (unpaired) electrons. The topological polar surface area (TPSA) is 20.3 Å². The van der Waals surface area contributed by atoms with Crippen molar-refractivity contribution in [3.63, 3.8) is 0 Å². The normalized spacial score (nSPS) is 23.7. The Morgan fingerprint density at radius 1 is 1.42 bits per heavy atom. The molecule has 0 aliphatic heterocycles. The highest BCUT2D eigenvalue weighted by molar-refractivity contribution is 5.79. The van der Waals surface area contributed by atoms with Gasteiger partial charge in [-0.25, -0.2) is 0 Å². The van der Waals surface area contributed by atoms with Gasteiger partial charge in [-0.05, 0) is 25.7 Å². The second-order valence-corrected chi connectivity index (χ2v) is 5.07. The van der Waals surface area contributed by atoms with Crippen LogP contribution in [-0.2, 0) is 4.79 Å². The molecular weight excluding hydrogens is 255 g/mol. The van der Waals surface area contributed by atoms with E-state index in [4.69, 9.17) is 6.42 Å². The first-order chi connectivity index (χ1) is 8.90. The quantitative estimate of drug-likeness (QED) is 0.721. The van der Waals surface area contributed by atoms with Crippen molar-refractivity contribution in [3.8, 4) is 12.3 Å². The first kappa shape index (κ1) is 15.9. The van der Waals surface area contributed by atoms with Crippen LogP contribution in [0, 0.1) is 24.2 Å². The lowest BCUT2D eigenvalue weighted by atomic mass is 9.80. The van der Waals surface area contributed by atoms with Crippen LogP contribution in [0.2, 0.25) is 0 Å². The van der Waals surface area contributed by atoms with Crippen molar-refractivity contribution in [2.75, 3.05) is 13.1 Å². The number of terminal acetylenes is 1. The van der Waals surface area contributed by atoms with E-state index < -0.39 is 18.0 Å². The Balaban J connectivity index is 2.67. The highest BCUT2D eigenvalue weighted by Crippen LogP contribution is 2.40. The van der Waals surface area contributed by atoms with Gasteiger partial charge in [-0.15, -0.1) is 6.42 Å². The highest BCUT2D eigenvalue weighted by Gasteiger charge is 2.44. The Kier molecular flexibility index (Phi) is 5.71. The molecule has 1 aliphatic carbocycles. The summed E-state index contributed by atoms with van der Waals surface area (Å²) in [6.45, 7) is 2.60.